The number of aromatic nitrogens is 4. The third-order valence-corrected chi connectivity index (χ3v) is 6.47. The maximum absolute atomic E-state index is 13.3. The Morgan fingerprint density at radius 1 is 1.03 bits per heavy atom. The Morgan fingerprint density at radius 2 is 1.73 bits per heavy atom. The molecular formula is C23H25N5OS. The number of piperidine rings is 1. The van der Waals surface area contributed by atoms with E-state index >= 15 is 0 Å². The molecule has 0 aliphatic carbocycles. The van der Waals surface area contributed by atoms with Crippen LogP contribution in [0.5, 0.6) is 0 Å². The number of benzene rings is 2. The lowest BCUT2D eigenvalue weighted by atomic mass is 10.00. The van der Waals surface area contributed by atoms with Crippen LogP contribution in [0.15, 0.2) is 59.4 Å². The number of hydrogen-bond acceptors (Lipinski definition) is 4. The molecule has 2 aromatic heterocycles. The van der Waals surface area contributed by atoms with E-state index in [9.17, 15) is 4.79 Å². The number of rotatable bonds is 4. The smallest absolute Gasteiger partial charge is 0.263 e. The van der Waals surface area contributed by atoms with Crippen molar-refractivity contribution in [1.82, 2.24) is 23.6 Å². The van der Waals surface area contributed by atoms with Crippen LogP contribution < -0.4 is 5.56 Å². The molecule has 154 valence electrons. The van der Waals surface area contributed by atoms with Gasteiger partial charge in [0.1, 0.15) is 0 Å². The number of nitrogens with zero attached hydrogens (tertiary/aromatic N) is 5. The summed E-state index contributed by atoms with van der Waals surface area (Å²) in [6.45, 7) is 5.52. The van der Waals surface area contributed by atoms with E-state index in [1.165, 1.54) is 12.8 Å². The highest BCUT2D eigenvalue weighted by atomic mass is 32.1. The molecule has 3 heterocycles. The minimum absolute atomic E-state index is 0.0408. The van der Waals surface area contributed by atoms with Crippen molar-refractivity contribution in [3.05, 3.63) is 75.3 Å². The molecule has 2 aromatic carbocycles. The first kappa shape index (κ1) is 19.2. The van der Waals surface area contributed by atoms with Crippen LogP contribution in [0.25, 0.3) is 16.7 Å². The molecular weight excluding hydrogens is 394 g/mol. The Labute approximate surface area is 180 Å². The van der Waals surface area contributed by atoms with E-state index in [-0.39, 0.29) is 5.56 Å². The van der Waals surface area contributed by atoms with Crippen LogP contribution >= 0.6 is 12.2 Å². The first-order chi connectivity index (χ1) is 14.6. The van der Waals surface area contributed by atoms with Gasteiger partial charge in [-0.2, -0.15) is 0 Å². The minimum Gasteiger partial charge on any atom is -0.284 e. The van der Waals surface area contributed by atoms with E-state index in [0.717, 1.165) is 30.1 Å². The Bertz CT molecular complexity index is 1310. The summed E-state index contributed by atoms with van der Waals surface area (Å²) in [4.78, 5) is 15.7. The summed E-state index contributed by atoms with van der Waals surface area (Å²) >= 11 is 5.83. The van der Waals surface area contributed by atoms with E-state index < -0.39 is 0 Å². The van der Waals surface area contributed by atoms with Gasteiger partial charge in [-0.05, 0) is 48.7 Å². The number of fused-ring (bicyclic) bond motifs is 3. The van der Waals surface area contributed by atoms with Gasteiger partial charge in [0.2, 0.25) is 10.5 Å². The van der Waals surface area contributed by atoms with Gasteiger partial charge >= 0.3 is 0 Å². The SMILES string of the molecule is CC1CCN(Cn2nc3n(Cc4ccccc4)c(=O)c4ccccc4n3c2=S)CC1. The van der Waals surface area contributed by atoms with Crippen molar-refractivity contribution in [1.29, 1.82) is 0 Å². The monoisotopic (exact) mass is 419 g/mol. The molecule has 1 fully saturated rings. The van der Waals surface area contributed by atoms with Crippen molar-refractivity contribution in [2.24, 2.45) is 5.92 Å². The molecule has 4 aromatic rings. The van der Waals surface area contributed by atoms with E-state index in [1.807, 2.05) is 63.7 Å². The zero-order valence-electron chi connectivity index (χ0n) is 17.1. The summed E-state index contributed by atoms with van der Waals surface area (Å²) in [5, 5.41) is 5.49. The molecule has 1 saturated heterocycles. The van der Waals surface area contributed by atoms with Gasteiger partial charge in [-0.1, -0.05) is 49.4 Å². The normalized spacial score (nSPS) is 15.9. The van der Waals surface area contributed by atoms with Crippen molar-refractivity contribution in [3.63, 3.8) is 0 Å². The molecule has 0 radical (unpaired) electrons. The Kier molecular flexibility index (Phi) is 5.00. The van der Waals surface area contributed by atoms with Crippen LogP contribution in [-0.2, 0) is 13.2 Å². The highest BCUT2D eigenvalue weighted by molar-refractivity contribution is 7.71. The fourth-order valence-corrected chi connectivity index (χ4v) is 4.54. The zero-order valence-corrected chi connectivity index (χ0v) is 17.9. The van der Waals surface area contributed by atoms with Gasteiger partial charge in [0.25, 0.3) is 5.56 Å². The molecule has 5 rings (SSSR count). The highest BCUT2D eigenvalue weighted by Crippen LogP contribution is 2.18. The predicted octanol–water partition coefficient (Wildman–Crippen LogP) is 3.92. The maximum Gasteiger partial charge on any atom is 0.263 e. The van der Waals surface area contributed by atoms with Crippen molar-refractivity contribution >= 4 is 28.9 Å². The van der Waals surface area contributed by atoms with E-state index in [2.05, 4.69) is 11.8 Å². The van der Waals surface area contributed by atoms with Crippen molar-refractivity contribution in [2.75, 3.05) is 13.1 Å². The van der Waals surface area contributed by atoms with Crippen molar-refractivity contribution in [3.8, 4) is 0 Å². The van der Waals surface area contributed by atoms with Gasteiger partial charge in [0.05, 0.1) is 24.1 Å². The molecule has 0 atom stereocenters. The molecule has 0 saturated carbocycles. The second kappa shape index (κ2) is 7.81. The highest BCUT2D eigenvalue weighted by Gasteiger charge is 2.19. The first-order valence-corrected chi connectivity index (χ1v) is 10.9. The molecule has 30 heavy (non-hydrogen) atoms. The van der Waals surface area contributed by atoms with Crippen molar-refractivity contribution < 1.29 is 0 Å². The lowest BCUT2D eigenvalue weighted by Gasteiger charge is -2.29. The summed E-state index contributed by atoms with van der Waals surface area (Å²) in [5.74, 6) is 1.37. The molecule has 1 aliphatic heterocycles. The Morgan fingerprint density at radius 3 is 2.50 bits per heavy atom. The van der Waals surface area contributed by atoms with Gasteiger partial charge < -0.3 is 0 Å². The molecule has 0 spiro atoms. The lowest BCUT2D eigenvalue weighted by Crippen LogP contribution is -2.34. The zero-order chi connectivity index (χ0) is 20.7. The Hall–Kier alpha value is -2.77. The topological polar surface area (TPSA) is 47.5 Å². The average Bonchev–Trinajstić information content (AvgIpc) is 3.09. The molecule has 0 bridgehead atoms. The van der Waals surface area contributed by atoms with Gasteiger partial charge in [0.15, 0.2) is 0 Å². The third kappa shape index (κ3) is 3.38. The summed E-state index contributed by atoms with van der Waals surface area (Å²) in [6, 6.07) is 17.6. The second-order valence-corrected chi connectivity index (χ2v) is 8.62. The lowest BCUT2D eigenvalue weighted by molar-refractivity contribution is 0.146. The molecule has 0 unspecified atom stereocenters. The largest absolute Gasteiger partial charge is 0.284 e. The van der Waals surface area contributed by atoms with Gasteiger partial charge in [-0.15, -0.1) is 5.10 Å². The molecule has 0 N–H and O–H groups in total. The number of para-hydroxylation sites is 1. The summed E-state index contributed by atoms with van der Waals surface area (Å²) in [6.07, 6.45) is 2.39. The second-order valence-electron chi connectivity index (χ2n) is 8.25. The molecule has 1 aliphatic rings. The minimum atomic E-state index is -0.0408. The fraction of sp³-hybridized carbons (Fsp3) is 0.348. The van der Waals surface area contributed by atoms with Crippen LogP contribution in [-0.4, -0.2) is 36.7 Å². The van der Waals surface area contributed by atoms with Crippen LogP contribution in [0, 0.1) is 10.7 Å². The number of hydrogen-bond donors (Lipinski definition) is 0. The number of likely N-dealkylation sites (tertiary alicyclic amines) is 1. The van der Waals surface area contributed by atoms with E-state index in [1.54, 1.807) is 4.57 Å². The van der Waals surface area contributed by atoms with Crippen LogP contribution in [0.4, 0.5) is 0 Å². The molecule has 7 heteroatoms. The fourth-order valence-electron chi connectivity index (χ4n) is 4.26. The Balaban J connectivity index is 1.67. The predicted molar refractivity (Wildman–Crippen MR) is 121 cm³/mol. The molecule has 0 amide bonds. The van der Waals surface area contributed by atoms with Gasteiger partial charge in [-0.25, -0.2) is 4.68 Å². The summed E-state index contributed by atoms with van der Waals surface area (Å²) in [5.41, 5.74) is 1.83. The summed E-state index contributed by atoms with van der Waals surface area (Å²) < 4.78 is 6.18. The van der Waals surface area contributed by atoms with Gasteiger partial charge in [-0.3, -0.25) is 18.7 Å². The average molecular weight is 420 g/mol. The molecule has 6 nitrogen and oxygen atoms in total. The maximum atomic E-state index is 13.3. The van der Waals surface area contributed by atoms with Crippen LogP contribution in [0.2, 0.25) is 0 Å². The van der Waals surface area contributed by atoms with Gasteiger partial charge in [0, 0.05) is 13.1 Å². The standard InChI is InChI=1S/C23H25N5OS/c1-17-11-13-25(14-12-17)16-27-23(30)28-20-10-6-5-9-19(20)21(29)26(22(28)24-27)15-18-7-3-2-4-8-18/h2-10,17H,11-16H2,1H3. The summed E-state index contributed by atoms with van der Waals surface area (Å²) in [7, 11) is 0. The van der Waals surface area contributed by atoms with Crippen molar-refractivity contribution in [2.45, 2.75) is 33.0 Å². The third-order valence-electron chi connectivity index (χ3n) is 6.08. The van der Waals surface area contributed by atoms with Crippen LogP contribution in [0.3, 0.4) is 0 Å². The van der Waals surface area contributed by atoms with E-state index in [0.29, 0.717) is 29.1 Å². The van der Waals surface area contributed by atoms with Crippen LogP contribution in [0.1, 0.15) is 25.3 Å². The first-order valence-electron chi connectivity index (χ1n) is 10.5. The van der Waals surface area contributed by atoms with E-state index in [4.69, 9.17) is 17.3 Å². The quantitative estimate of drug-likeness (QED) is 0.471.